The quantitative estimate of drug-likeness (QED) is 0.225. The van der Waals surface area contributed by atoms with Crippen molar-refractivity contribution in [1.29, 1.82) is 0 Å². The van der Waals surface area contributed by atoms with Crippen LogP contribution in [-0.4, -0.2) is 5.33 Å². The predicted octanol–water partition coefficient (Wildman–Crippen LogP) is 7.35. The van der Waals surface area contributed by atoms with Gasteiger partial charge >= 0.3 is 0 Å². The van der Waals surface area contributed by atoms with E-state index in [0.29, 0.717) is 0 Å². The molecule has 2 aliphatic carbocycles. The molecule has 0 bridgehead atoms. The van der Waals surface area contributed by atoms with Crippen molar-refractivity contribution < 1.29 is 0 Å². The van der Waals surface area contributed by atoms with Crippen LogP contribution in [0.1, 0.15) is 96.8 Å². The van der Waals surface area contributed by atoms with Crippen molar-refractivity contribution >= 4 is 15.9 Å². The van der Waals surface area contributed by atoms with Crippen molar-refractivity contribution in [2.45, 2.75) is 96.8 Å². The third-order valence-electron chi connectivity index (χ3n) is 5.88. The molecule has 0 aromatic rings. The van der Waals surface area contributed by atoms with Gasteiger partial charge in [0, 0.05) is 5.33 Å². The zero-order valence-corrected chi connectivity index (χ0v) is 15.9. The fourth-order valence-electron chi connectivity index (χ4n) is 4.16. The normalized spacial score (nSPS) is 30.6. The van der Waals surface area contributed by atoms with E-state index in [0.717, 1.165) is 23.7 Å². The lowest BCUT2D eigenvalue weighted by Gasteiger charge is -2.02. The Balaban J connectivity index is 1.36. The van der Waals surface area contributed by atoms with Gasteiger partial charge in [-0.2, -0.15) is 0 Å². The van der Waals surface area contributed by atoms with E-state index >= 15 is 0 Å². The molecule has 124 valence electrons. The molecule has 0 aromatic carbocycles. The second-order valence-electron chi connectivity index (χ2n) is 7.84. The largest absolute Gasteiger partial charge is 0.0928 e. The van der Waals surface area contributed by atoms with Crippen LogP contribution in [0, 0.1) is 23.7 Å². The second kappa shape index (κ2) is 10.3. The van der Waals surface area contributed by atoms with Gasteiger partial charge in [-0.15, -0.1) is 0 Å². The molecule has 0 nitrogen and oxygen atoms in total. The lowest BCUT2D eigenvalue weighted by molar-refractivity contribution is 0.501. The minimum absolute atomic E-state index is 1.14. The van der Waals surface area contributed by atoms with Crippen molar-refractivity contribution in [2.75, 3.05) is 5.33 Å². The smallest absolute Gasteiger partial charge is 0.00313 e. The van der Waals surface area contributed by atoms with Crippen LogP contribution in [0.5, 0.6) is 0 Å². The summed E-state index contributed by atoms with van der Waals surface area (Å²) in [6.07, 6.45) is 21.0. The zero-order valence-electron chi connectivity index (χ0n) is 14.3. The summed E-state index contributed by atoms with van der Waals surface area (Å²) in [5, 5.41) is 1.19. The highest BCUT2D eigenvalue weighted by molar-refractivity contribution is 9.09. The molecule has 21 heavy (non-hydrogen) atoms. The molecule has 0 heterocycles. The van der Waals surface area contributed by atoms with E-state index in [1.165, 1.54) is 63.1 Å². The van der Waals surface area contributed by atoms with Gasteiger partial charge in [-0.1, -0.05) is 87.1 Å². The van der Waals surface area contributed by atoms with Crippen LogP contribution in [0.15, 0.2) is 0 Å². The number of unbranched alkanes of at least 4 members (excludes halogenated alkanes) is 7. The highest BCUT2D eigenvalue weighted by Crippen LogP contribution is 2.54. The minimum atomic E-state index is 1.14. The summed E-state index contributed by atoms with van der Waals surface area (Å²) in [5.74, 6) is 4.59. The highest BCUT2D eigenvalue weighted by Gasteiger charge is 2.44. The van der Waals surface area contributed by atoms with E-state index < -0.39 is 0 Å². The number of alkyl halides is 1. The molecule has 4 atom stereocenters. The summed E-state index contributed by atoms with van der Waals surface area (Å²) in [6, 6.07) is 0. The van der Waals surface area contributed by atoms with Crippen molar-refractivity contribution in [1.82, 2.24) is 0 Å². The lowest BCUT2D eigenvalue weighted by Crippen LogP contribution is -1.90. The Labute approximate surface area is 142 Å². The average Bonchev–Trinajstić information content (AvgIpc) is 3.39. The summed E-state index contributed by atoms with van der Waals surface area (Å²) < 4.78 is 0. The first-order valence-electron chi connectivity index (χ1n) is 9.91. The molecule has 0 aromatic heterocycles. The van der Waals surface area contributed by atoms with Gasteiger partial charge in [0.05, 0.1) is 0 Å². The van der Waals surface area contributed by atoms with E-state index in [1.54, 1.807) is 32.1 Å². The van der Waals surface area contributed by atoms with E-state index in [2.05, 4.69) is 22.9 Å². The van der Waals surface area contributed by atoms with Crippen LogP contribution in [-0.2, 0) is 0 Å². The molecule has 2 aliphatic rings. The molecule has 0 aliphatic heterocycles. The third kappa shape index (κ3) is 7.53. The molecule has 0 N–H and O–H groups in total. The summed E-state index contributed by atoms with van der Waals surface area (Å²) >= 11 is 3.51. The van der Waals surface area contributed by atoms with Crippen LogP contribution in [0.25, 0.3) is 0 Å². The van der Waals surface area contributed by atoms with Crippen LogP contribution in [0.3, 0.4) is 0 Å². The lowest BCUT2D eigenvalue weighted by atomic mass is 10.0. The molecule has 0 amide bonds. The predicted molar refractivity (Wildman–Crippen MR) is 98.1 cm³/mol. The fourth-order valence-corrected chi connectivity index (χ4v) is 4.56. The van der Waals surface area contributed by atoms with Crippen molar-refractivity contribution in [3.8, 4) is 0 Å². The number of rotatable bonds is 14. The van der Waals surface area contributed by atoms with Gasteiger partial charge < -0.3 is 0 Å². The Hall–Kier alpha value is 0.480. The summed E-state index contributed by atoms with van der Waals surface area (Å²) in [6.45, 7) is 2.32. The minimum Gasteiger partial charge on any atom is -0.0928 e. The van der Waals surface area contributed by atoms with E-state index in [9.17, 15) is 0 Å². The van der Waals surface area contributed by atoms with Crippen LogP contribution < -0.4 is 0 Å². The van der Waals surface area contributed by atoms with Gasteiger partial charge in [-0.3, -0.25) is 0 Å². The number of hydrogen-bond acceptors (Lipinski definition) is 0. The Morgan fingerprint density at radius 2 is 1.19 bits per heavy atom. The van der Waals surface area contributed by atoms with Gasteiger partial charge in [0.1, 0.15) is 0 Å². The molecule has 0 radical (unpaired) electrons. The number of halogens is 1. The monoisotopic (exact) mass is 356 g/mol. The third-order valence-corrected chi connectivity index (χ3v) is 6.44. The van der Waals surface area contributed by atoms with E-state index in [-0.39, 0.29) is 0 Å². The molecule has 0 saturated heterocycles. The topological polar surface area (TPSA) is 0 Å². The second-order valence-corrected chi connectivity index (χ2v) is 8.64. The molecule has 4 unspecified atom stereocenters. The Morgan fingerprint density at radius 1 is 0.667 bits per heavy atom. The van der Waals surface area contributed by atoms with Gasteiger partial charge in [0.25, 0.3) is 0 Å². The molecular weight excluding hydrogens is 320 g/mol. The maximum Gasteiger partial charge on any atom is 0.00313 e. The molecule has 0 spiro atoms. The van der Waals surface area contributed by atoms with Gasteiger partial charge in [0.15, 0.2) is 0 Å². The SMILES string of the molecule is CCCCCC1CC1CC1CC1CCCCCCCCBr. The van der Waals surface area contributed by atoms with Gasteiger partial charge in [0.2, 0.25) is 0 Å². The Bertz CT molecular complexity index is 263. The standard InChI is InChI=1S/C20H37Br/c1-2-3-8-11-17-14-19(17)16-20-15-18(20)12-9-6-4-5-7-10-13-21/h17-20H,2-16H2,1H3. The van der Waals surface area contributed by atoms with Crippen LogP contribution in [0.4, 0.5) is 0 Å². The molecule has 2 fully saturated rings. The fraction of sp³-hybridized carbons (Fsp3) is 1.00. The number of hydrogen-bond donors (Lipinski definition) is 0. The maximum absolute atomic E-state index is 3.51. The highest BCUT2D eigenvalue weighted by atomic mass is 79.9. The van der Waals surface area contributed by atoms with Crippen LogP contribution in [0.2, 0.25) is 0 Å². The van der Waals surface area contributed by atoms with Crippen molar-refractivity contribution in [3.63, 3.8) is 0 Å². The van der Waals surface area contributed by atoms with Crippen molar-refractivity contribution in [2.24, 2.45) is 23.7 Å². The first kappa shape index (κ1) is 17.8. The first-order chi connectivity index (χ1) is 10.3. The molecule has 2 saturated carbocycles. The van der Waals surface area contributed by atoms with Crippen molar-refractivity contribution in [3.05, 3.63) is 0 Å². The summed E-state index contributed by atoms with van der Waals surface area (Å²) in [4.78, 5) is 0. The Kier molecular flexibility index (Phi) is 8.74. The zero-order chi connectivity index (χ0) is 14.9. The van der Waals surface area contributed by atoms with Gasteiger partial charge in [-0.05, 0) is 49.4 Å². The van der Waals surface area contributed by atoms with E-state index in [4.69, 9.17) is 0 Å². The molecule has 1 heteroatoms. The maximum atomic E-state index is 3.51. The van der Waals surface area contributed by atoms with Crippen LogP contribution >= 0.6 is 15.9 Å². The average molecular weight is 357 g/mol. The molecule has 2 rings (SSSR count). The van der Waals surface area contributed by atoms with E-state index in [1.807, 2.05) is 0 Å². The molecular formula is C20H37Br. The summed E-state index contributed by atoms with van der Waals surface area (Å²) in [5.41, 5.74) is 0. The summed E-state index contributed by atoms with van der Waals surface area (Å²) in [7, 11) is 0. The first-order valence-corrected chi connectivity index (χ1v) is 11.0. The Morgan fingerprint density at radius 3 is 1.76 bits per heavy atom. The van der Waals surface area contributed by atoms with Gasteiger partial charge in [-0.25, -0.2) is 0 Å².